The lowest BCUT2D eigenvalue weighted by molar-refractivity contribution is -0.127. The highest BCUT2D eigenvalue weighted by molar-refractivity contribution is 5.95. The summed E-state index contributed by atoms with van der Waals surface area (Å²) in [5.41, 5.74) is 8.00. The largest absolute Gasteiger partial charge is 0.398 e. The van der Waals surface area contributed by atoms with E-state index in [1.54, 1.807) is 26.2 Å². The van der Waals surface area contributed by atoms with Crippen LogP contribution in [0.3, 0.4) is 0 Å². The monoisotopic (exact) mass is 296 g/mol. The number of hydrogen-bond donors (Lipinski definition) is 2. The van der Waals surface area contributed by atoms with Crippen LogP contribution in [0.5, 0.6) is 0 Å². The molecule has 6 nitrogen and oxygen atoms in total. The molecule has 118 valence electrons. The number of methoxy groups -OCH3 is 1. The first kappa shape index (κ1) is 17.4. The number of ether oxygens (including phenoxy) is 3. The molecule has 0 aliphatic rings. The summed E-state index contributed by atoms with van der Waals surface area (Å²) in [6, 6.07) is 5.40. The van der Waals surface area contributed by atoms with Crippen LogP contribution in [0.15, 0.2) is 18.2 Å². The molecule has 0 spiro atoms. The van der Waals surface area contributed by atoms with Gasteiger partial charge in [0.25, 0.3) is 5.91 Å². The van der Waals surface area contributed by atoms with Gasteiger partial charge in [0.15, 0.2) is 0 Å². The van der Waals surface area contributed by atoms with Gasteiger partial charge in [-0.1, -0.05) is 6.07 Å². The molecule has 0 saturated carbocycles. The quantitative estimate of drug-likeness (QED) is 0.534. The van der Waals surface area contributed by atoms with Crippen molar-refractivity contribution >= 4 is 17.3 Å². The average Bonchev–Trinajstić information content (AvgIpc) is 2.47. The van der Waals surface area contributed by atoms with Crippen molar-refractivity contribution in [1.82, 2.24) is 0 Å². The van der Waals surface area contributed by atoms with Crippen LogP contribution < -0.4 is 11.1 Å². The fraction of sp³-hybridized carbons (Fsp3) is 0.533. The predicted octanol–water partition coefficient (Wildman–Crippen LogP) is 1.58. The average molecular weight is 296 g/mol. The summed E-state index contributed by atoms with van der Waals surface area (Å²) in [7, 11) is 1.62. The maximum Gasteiger partial charge on any atom is 0.253 e. The summed E-state index contributed by atoms with van der Waals surface area (Å²) in [6.45, 7) is 5.41. The van der Waals surface area contributed by atoms with Crippen LogP contribution in [0.25, 0.3) is 0 Å². The normalized spacial score (nSPS) is 12.1. The number of anilines is 2. The number of hydrogen-bond acceptors (Lipinski definition) is 5. The summed E-state index contributed by atoms with van der Waals surface area (Å²) in [6.07, 6.45) is -0.558. The highest BCUT2D eigenvalue weighted by atomic mass is 16.5. The zero-order valence-corrected chi connectivity index (χ0v) is 12.8. The molecule has 0 aliphatic heterocycles. The molecule has 1 amide bonds. The maximum atomic E-state index is 12.0. The van der Waals surface area contributed by atoms with Gasteiger partial charge in [0.2, 0.25) is 0 Å². The van der Waals surface area contributed by atoms with Crippen molar-refractivity contribution < 1.29 is 19.0 Å². The fourth-order valence-corrected chi connectivity index (χ4v) is 1.63. The summed E-state index contributed by atoms with van der Waals surface area (Å²) in [4.78, 5) is 12.0. The standard InChI is InChI=1S/C15H24N2O4/c1-11-13(16)5-4-6-14(11)17-15(18)12(2)21-10-9-20-8-7-19-3/h4-6,12H,7-10,16H2,1-3H3,(H,17,18). The van der Waals surface area contributed by atoms with Crippen LogP contribution in [0.2, 0.25) is 0 Å². The minimum atomic E-state index is -0.558. The summed E-state index contributed by atoms with van der Waals surface area (Å²) >= 11 is 0. The second-order valence-corrected chi connectivity index (χ2v) is 4.63. The lowest BCUT2D eigenvalue weighted by Gasteiger charge is -2.15. The number of nitrogens with one attached hydrogen (secondary N) is 1. The number of carbonyl (C=O) groups excluding carboxylic acids is 1. The van der Waals surface area contributed by atoms with Crippen LogP contribution >= 0.6 is 0 Å². The molecule has 1 unspecified atom stereocenters. The molecule has 1 aromatic rings. The van der Waals surface area contributed by atoms with Crippen molar-refractivity contribution in [2.45, 2.75) is 20.0 Å². The first-order valence-electron chi connectivity index (χ1n) is 6.90. The first-order chi connectivity index (χ1) is 10.1. The van der Waals surface area contributed by atoms with Gasteiger partial charge in [0.05, 0.1) is 26.4 Å². The molecule has 1 rings (SSSR count). The lowest BCUT2D eigenvalue weighted by atomic mass is 10.1. The molecule has 0 aliphatic carbocycles. The van der Waals surface area contributed by atoms with Crippen molar-refractivity contribution in [3.63, 3.8) is 0 Å². The van der Waals surface area contributed by atoms with E-state index < -0.39 is 6.10 Å². The Morgan fingerprint density at radius 3 is 2.71 bits per heavy atom. The molecule has 1 aromatic carbocycles. The van der Waals surface area contributed by atoms with E-state index >= 15 is 0 Å². The van der Waals surface area contributed by atoms with Crippen LogP contribution in [-0.4, -0.2) is 45.5 Å². The van der Waals surface area contributed by atoms with Crippen LogP contribution in [0, 0.1) is 6.92 Å². The Hall–Kier alpha value is -1.63. The lowest BCUT2D eigenvalue weighted by Crippen LogP contribution is -2.29. The van der Waals surface area contributed by atoms with Gasteiger partial charge in [0.1, 0.15) is 6.10 Å². The summed E-state index contributed by atoms with van der Waals surface area (Å²) < 4.78 is 15.5. The summed E-state index contributed by atoms with van der Waals surface area (Å²) in [5, 5.41) is 2.81. The van der Waals surface area contributed by atoms with E-state index in [2.05, 4.69) is 5.32 Å². The highest BCUT2D eigenvalue weighted by Gasteiger charge is 2.14. The fourth-order valence-electron chi connectivity index (χ4n) is 1.63. The van der Waals surface area contributed by atoms with E-state index in [0.717, 1.165) is 5.56 Å². The number of amides is 1. The Morgan fingerprint density at radius 2 is 2.00 bits per heavy atom. The van der Waals surface area contributed by atoms with Gasteiger partial charge in [0, 0.05) is 18.5 Å². The minimum Gasteiger partial charge on any atom is -0.398 e. The van der Waals surface area contributed by atoms with Crippen molar-refractivity contribution in [3.8, 4) is 0 Å². The van der Waals surface area contributed by atoms with Crippen LogP contribution in [-0.2, 0) is 19.0 Å². The zero-order valence-electron chi connectivity index (χ0n) is 12.8. The Bertz CT molecular complexity index is 451. The minimum absolute atomic E-state index is 0.208. The number of benzene rings is 1. The first-order valence-corrected chi connectivity index (χ1v) is 6.90. The van der Waals surface area contributed by atoms with Gasteiger partial charge >= 0.3 is 0 Å². The van der Waals surface area contributed by atoms with Crippen molar-refractivity contribution in [1.29, 1.82) is 0 Å². The Kier molecular flexibility index (Phi) is 7.74. The number of carbonyl (C=O) groups is 1. The van der Waals surface area contributed by atoms with Crippen molar-refractivity contribution in [2.75, 3.05) is 44.6 Å². The van der Waals surface area contributed by atoms with E-state index in [1.165, 1.54) is 0 Å². The Morgan fingerprint density at radius 1 is 1.29 bits per heavy atom. The number of nitrogen functional groups attached to an aromatic ring is 1. The van der Waals surface area contributed by atoms with E-state index in [1.807, 2.05) is 13.0 Å². The molecule has 0 aromatic heterocycles. The van der Waals surface area contributed by atoms with Crippen molar-refractivity contribution in [3.05, 3.63) is 23.8 Å². The third-order valence-electron chi connectivity index (χ3n) is 3.03. The van der Waals surface area contributed by atoms with Gasteiger partial charge in [-0.2, -0.15) is 0 Å². The Labute approximate surface area is 125 Å². The molecule has 3 N–H and O–H groups in total. The summed E-state index contributed by atoms with van der Waals surface area (Å²) in [5.74, 6) is -0.208. The Balaban J connectivity index is 2.32. The number of rotatable bonds is 9. The second kappa shape index (κ2) is 9.33. The third kappa shape index (κ3) is 6.12. The topological polar surface area (TPSA) is 82.8 Å². The van der Waals surface area contributed by atoms with E-state index in [0.29, 0.717) is 37.8 Å². The van der Waals surface area contributed by atoms with Gasteiger partial charge in [-0.3, -0.25) is 4.79 Å². The molecule has 0 bridgehead atoms. The van der Waals surface area contributed by atoms with Gasteiger partial charge in [-0.25, -0.2) is 0 Å². The number of nitrogens with two attached hydrogens (primary N) is 1. The molecular formula is C15H24N2O4. The maximum absolute atomic E-state index is 12.0. The van der Waals surface area contributed by atoms with Gasteiger partial charge in [-0.05, 0) is 31.5 Å². The van der Waals surface area contributed by atoms with E-state index in [4.69, 9.17) is 19.9 Å². The molecule has 6 heteroatoms. The zero-order chi connectivity index (χ0) is 15.7. The molecule has 21 heavy (non-hydrogen) atoms. The van der Waals surface area contributed by atoms with E-state index in [-0.39, 0.29) is 5.91 Å². The molecule has 0 radical (unpaired) electrons. The molecule has 0 saturated heterocycles. The van der Waals surface area contributed by atoms with Gasteiger partial charge < -0.3 is 25.3 Å². The predicted molar refractivity (Wildman–Crippen MR) is 82.3 cm³/mol. The third-order valence-corrected chi connectivity index (χ3v) is 3.03. The van der Waals surface area contributed by atoms with Crippen LogP contribution in [0.1, 0.15) is 12.5 Å². The highest BCUT2D eigenvalue weighted by Crippen LogP contribution is 2.20. The van der Waals surface area contributed by atoms with Crippen LogP contribution in [0.4, 0.5) is 11.4 Å². The van der Waals surface area contributed by atoms with E-state index in [9.17, 15) is 4.79 Å². The second-order valence-electron chi connectivity index (χ2n) is 4.63. The molecular weight excluding hydrogens is 272 g/mol. The smallest absolute Gasteiger partial charge is 0.253 e. The van der Waals surface area contributed by atoms with Gasteiger partial charge in [-0.15, -0.1) is 0 Å². The molecule has 0 heterocycles. The van der Waals surface area contributed by atoms with Crippen molar-refractivity contribution in [2.24, 2.45) is 0 Å². The SMILES string of the molecule is COCCOCCOC(C)C(=O)Nc1cccc(N)c1C. The molecule has 0 fully saturated rings. The molecule has 1 atom stereocenters.